The van der Waals surface area contributed by atoms with Crippen molar-refractivity contribution < 1.29 is 4.74 Å². The molecule has 1 aromatic heterocycles. The van der Waals surface area contributed by atoms with E-state index < -0.39 is 0 Å². The minimum Gasteiger partial charge on any atom is -0.490 e. The molecule has 0 bridgehead atoms. The first-order valence-electron chi connectivity index (χ1n) is 9.87. The summed E-state index contributed by atoms with van der Waals surface area (Å²) in [5.41, 5.74) is 1.45. The second-order valence-corrected chi connectivity index (χ2v) is 8.27. The zero-order valence-corrected chi connectivity index (χ0v) is 18.8. The number of para-hydroxylation sites is 2. The van der Waals surface area contributed by atoms with Gasteiger partial charge in [-0.2, -0.15) is 0 Å². The molecule has 0 radical (unpaired) electrons. The van der Waals surface area contributed by atoms with Crippen molar-refractivity contribution in [1.82, 2.24) is 9.55 Å². The number of benzene rings is 3. The van der Waals surface area contributed by atoms with E-state index in [4.69, 9.17) is 44.5 Å². The summed E-state index contributed by atoms with van der Waals surface area (Å²) in [5.74, 6) is 1.10. The summed E-state index contributed by atoms with van der Waals surface area (Å²) < 4.78 is 7.47. The molecule has 4 nitrogen and oxygen atoms in total. The fourth-order valence-electron chi connectivity index (χ4n) is 3.36. The molecule has 158 valence electrons. The van der Waals surface area contributed by atoms with Gasteiger partial charge in [-0.15, -0.1) is 0 Å². The molecule has 0 unspecified atom stereocenters. The molecule has 0 atom stereocenters. The zero-order valence-electron chi connectivity index (χ0n) is 16.5. The Labute approximate surface area is 195 Å². The number of hydrogen-bond acceptors (Lipinski definition) is 3. The van der Waals surface area contributed by atoms with Gasteiger partial charge >= 0.3 is 0 Å². The third-order valence-electron chi connectivity index (χ3n) is 4.91. The first-order valence-corrected chi connectivity index (χ1v) is 11.0. The molecule has 4 rings (SSSR count). The molecule has 31 heavy (non-hydrogen) atoms. The number of nitrogens with zero attached hydrogens (tertiary/aromatic N) is 2. The van der Waals surface area contributed by atoms with E-state index in [2.05, 4.69) is 0 Å². The highest BCUT2D eigenvalue weighted by Gasteiger charge is 2.13. The van der Waals surface area contributed by atoms with Crippen molar-refractivity contribution in [1.29, 1.82) is 0 Å². The summed E-state index contributed by atoms with van der Waals surface area (Å²) in [4.78, 5) is 18.0. The highest BCUT2D eigenvalue weighted by Crippen LogP contribution is 2.32. The molecule has 0 aliphatic carbocycles. The van der Waals surface area contributed by atoms with E-state index >= 15 is 0 Å². The van der Waals surface area contributed by atoms with E-state index in [9.17, 15) is 4.79 Å². The average molecular weight is 474 g/mol. The smallest absolute Gasteiger partial charge is 0.261 e. The van der Waals surface area contributed by atoms with E-state index in [0.717, 1.165) is 18.4 Å². The highest BCUT2D eigenvalue weighted by molar-refractivity contribution is 6.37. The zero-order chi connectivity index (χ0) is 21.8. The van der Waals surface area contributed by atoms with Crippen LogP contribution in [-0.4, -0.2) is 16.2 Å². The molecule has 0 amide bonds. The molecular weight excluding hydrogens is 455 g/mol. The van der Waals surface area contributed by atoms with Crippen molar-refractivity contribution in [3.8, 4) is 17.1 Å². The molecule has 0 saturated carbocycles. The lowest BCUT2D eigenvalue weighted by atomic mass is 10.1. The molecule has 0 fully saturated rings. The van der Waals surface area contributed by atoms with Crippen LogP contribution >= 0.6 is 34.8 Å². The van der Waals surface area contributed by atoms with Crippen molar-refractivity contribution >= 4 is 45.7 Å². The van der Waals surface area contributed by atoms with Crippen molar-refractivity contribution in [2.24, 2.45) is 0 Å². The van der Waals surface area contributed by atoms with E-state index in [1.165, 1.54) is 0 Å². The Bertz CT molecular complexity index is 1250. The number of rotatable bonds is 7. The number of ether oxygens (including phenoxy) is 1. The van der Waals surface area contributed by atoms with Crippen molar-refractivity contribution in [3.05, 3.63) is 92.2 Å². The maximum Gasteiger partial charge on any atom is 0.261 e. The van der Waals surface area contributed by atoms with Gasteiger partial charge in [0.1, 0.15) is 5.82 Å². The fourth-order valence-corrected chi connectivity index (χ4v) is 3.99. The SMILES string of the molecule is O=c1c2ccccc2nc(-c2ccc(Cl)cc2)n1CCCCOc1c(Cl)cccc1Cl. The van der Waals surface area contributed by atoms with Gasteiger partial charge in [0.2, 0.25) is 0 Å². The lowest BCUT2D eigenvalue weighted by Crippen LogP contribution is -2.24. The quantitative estimate of drug-likeness (QED) is 0.275. The van der Waals surface area contributed by atoms with Gasteiger partial charge in [0.05, 0.1) is 27.6 Å². The summed E-state index contributed by atoms with van der Waals surface area (Å²) in [5, 5.41) is 2.19. The van der Waals surface area contributed by atoms with Crippen LogP contribution in [0.25, 0.3) is 22.3 Å². The lowest BCUT2D eigenvalue weighted by molar-refractivity contribution is 0.303. The molecule has 0 N–H and O–H groups in total. The van der Waals surface area contributed by atoms with Crippen molar-refractivity contribution in [3.63, 3.8) is 0 Å². The predicted octanol–water partition coefficient (Wildman–Crippen LogP) is 6.88. The van der Waals surface area contributed by atoms with Crippen molar-refractivity contribution in [2.75, 3.05) is 6.61 Å². The highest BCUT2D eigenvalue weighted by atomic mass is 35.5. The normalized spacial score (nSPS) is 11.1. The number of aromatic nitrogens is 2. The molecule has 0 aliphatic heterocycles. The maximum atomic E-state index is 13.2. The summed E-state index contributed by atoms with van der Waals surface area (Å²) in [6.07, 6.45) is 1.45. The van der Waals surface area contributed by atoms with Crippen LogP contribution in [-0.2, 0) is 6.54 Å². The van der Waals surface area contributed by atoms with Crippen molar-refractivity contribution in [2.45, 2.75) is 19.4 Å². The van der Waals surface area contributed by atoms with Crippen LogP contribution in [0.1, 0.15) is 12.8 Å². The van der Waals surface area contributed by atoms with Crippen LogP contribution in [0, 0.1) is 0 Å². The Balaban J connectivity index is 1.55. The standard InChI is InChI=1S/C24H19Cl3N2O2/c25-17-12-10-16(11-13-17)23-28-21-9-2-1-6-18(21)24(30)29(23)14-3-4-15-31-22-19(26)7-5-8-20(22)27/h1-2,5-13H,3-4,14-15H2. The summed E-state index contributed by atoms with van der Waals surface area (Å²) in [7, 11) is 0. The van der Waals surface area contributed by atoms with Crippen LogP contribution in [0.15, 0.2) is 71.5 Å². The summed E-state index contributed by atoms with van der Waals surface area (Å²) in [6, 6.07) is 20.0. The number of fused-ring (bicyclic) bond motifs is 1. The molecule has 0 spiro atoms. The van der Waals surface area contributed by atoms with Crippen LogP contribution in [0.2, 0.25) is 15.1 Å². The van der Waals surface area contributed by atoms with Gasteiger partial charge in [-0.3, -0.25) is 9.36 Å². The number of unbranched alkanes of at least 4 members (excludes halogenated alkanes) is 1. The third-order valence-corrected chi connectivity index (χ3v) is 5.75. The van der Waals surface area contributed by atoms with E-state index in [1.54, 1.807) is 41.0 Å². The Morgan fingerprint density at radius 3 is 2.29 bits per heavy atom. The molecule has 0 aliphatic rings. The van der Waals surface area contributed by atoms with Gasteiger partial charge in [-0.25, -0.2) is 4.98 Å². The maximum absolute atomic E-state index is 13.2. The summed E-state index contributed by atoms with van der Waals surface area (Å²) in [6.45, 7) is 0.948. The minimum atomic E-state index is -0.0642. The van der Waals surface area contributed by atoms with Crippen LogP contribution in [0.5, 0.6) is 5.75 Å². The molecule has 3 aromatic carbocycles. The Morgan fingerprint density at radius 1 is 0.839 bits per heavy atom. The Hall–Kier alpha value is -2.53. The van der Waals surface area contributed by atoms with E-state index in [1.807, 2.05) is 30.3 Å². The van der Waals surface area contributed by atoms with Gasteiger partial charge in [-0.1, -0.05) is 53.0 Å². The molecule has 4 aromatic rings. The molecule has 1 heterocycles. The predicted molar refractivity (Wildman–Crippen MR) is 128 cm³/mol. The molecular formula is C24H19Cl3N2O2. The molecule has 7 heteroatoms. The van der Waals surface area contributed by atoms with E-state index in [0.29, 0.717) is 50.7 Å². The van der Waals surface area contributed by atoms with Crippen LogP contribution in [0.4, 0.5) is 0 Å². The van der Waals surface area contributed by atoms with E-state index in [-0.39, 0.29) is 5.56 Å². The monoisotopic (exact) mass is 472 g/mol. The van der Waals surface area contributed by atoms with Gasteiger partial charge in [0.15, 0.2) is 5.75 Å². The second kappa shape index (κ2) is 9.73. The summed E-state index contributed by atoms with van der Waals surface area (Å²) >= 11 is 18.3. The first kappa shape index (κ1) is 21.7. The van der Waals surface area contributed by atoms with Gasteiger partial charge in [0, 0.05) is 17.1 Å². The van der Waals surface area contributed by atoms with Gasteiger partial charge in [-0.05, 0) is 61.4 Å². The topological polar surface area (TPSA) is 44.1 Å². The van der Waals surface area contributed by atoms with Crippen LogP contribution < -0.4 is 10.3 Å². The molecule has 0 saturated heterocycles. The lowest BCUT2D eigenvalue weighted by Gasteiger charge is -2.14. The number of halogens is 3. The average Bonchev–Trinajstić information content (AvgIpc) is 2.77. The Morgan fingerprint density at radius 2 is 1.55 bits per heavy atom. The second-order valence-electron chi connectivity index (χ2n) is 7.02. The fraction of sp³-hybridized carbons (Fsp3) is 0.167. The Kier molecular flexibility index (Phi) is 6.81. The van der Waals surface area contributed by atoms with Gasteiger partial charge in [0.25, 0.3) is 5.56 Å². The third kappa shape index (κ3) is 4.87. The minimum absolute atomic E-state index is 0.0642. The van der Waals surface area contributed by atoms with Gasteiger partial charge < -0.3 is 4.74 Å². The number of hydrogen-bond donors (Lipinski definition) is 0. The first-order chi connectivity index (χ1) is 15.0. The van der Waals surface area contributed by atoms with Crippen LogP contribution in [0.3, 0.4) is 0 Å². The largest absolute Gasteiger partial charge is 0.490 e.